The molecule has 6 atom stereocenters. The number of esters is 1. The maximum atomic E-state index is 11.9. The largest absolute Gasteiger partial charge is 0.458 e. The third-order valence-electron chi connectivity index (χ3n) is 8.91. The Morgan fingerprint density at radius 1 is 1.12 bits per heavy atom. The number of ether oxygens (including phenoxy) is 3. The number of carbonyl (C=O) groups is 1. The second-order valence-corrected chi connectivity index (χ2v) is 11.1. The molecule has 0 amide bonds. The Kier molecular flexibility index (Phi) is 5.97. The van der Waals surface area contributed by atoms with Crippen molar-refractivity contribution in [3.05, 3.63) is 65.8 Å². The number of benzene rings is 1. The number of hydrogen-bond donors (Lipinski definition) is 0. The van der Waals surface area contributed by atoms with Crippen LogP contribution in [0, 0.1) is 22.7 Å². The van der Waals surface area contributed by atoms with Crippen LogP contribution in [0.2, 0.25) is 0 Å². The number of allylic oxidation sites excluding steroid dienone is 2. The topological polar surface area (TPSA) is 48.0 Å². The van der Waals surface area contributed by atoms with E-state index in [0.717, 1.165) is 31.2 Å². The van der Waals surface area contributed by atoms with Crippen molar-refractivity contribution in [2.45, 2.75) is 51.9 Å². The number of rotatable bonds is 4. The minimum absolute atomic E-state index is 0.0502. The molecule has 3 fully saturated rings. The van der Waals surface area contributed by atoms with E-state index < -0.39 is 0 Å². The quantitative estimate of drug-likeness (QED) is 0.430. The second-order valence-electron chi connectivity index (χ2n) is 11.1. The first-order valence-electron chi connectivity index (χ1n) is 12.5. The maximum Gasteiger partial charge on any atom is 0.338 e. The smallest absolute Gasteiger partial charge is 0.338 e. The lowest BCUT2D eigenvalue weighted by Crippen LogP contribution is -2.60. The van der Waals surface area contributed by atoms with Crippen LogP contribution in [0.1, 0.15) is 51.4 Å². The van der Waals surface area contributed by atoms with Gasteiger partial charge in [0.15, 0.2) is 6.29 Å². The summed E-state index contributed by atoms with van der Waals surface area (Å²) >= 11 is 0. The first kappa shape index (κ1) is 23.4. The average molecular weight is 464 g/mol. The summed E-state index contributed by atoms with van der Waals surface area (Å²) in [4.78, 5) is 14.0. The zero-order valence-electron chi connectivity index (χ0n) is 20.9. The highest BCUT2D eigenvalue weighted by Crippen LogP contribution is 2.63. The Bertz CT molecular complexity index is 1030. The van der Waals surface area contributed by atoms with E-state index in [1.807, 2.05) is 26.2 Å². The fraction of sp³-hybridized carbons (Fsp3) is 0.552. The molecule has 1 aromatic carbocycles. The molecule has 1 aromatic rings. The number of anilines is 1. The molecule has 0 radical (unpaired) electrons. The predicted octanol–water partition coefficient (Wildman–Crippen LogP) is 5.59. The maximum absolute atomic E-state index is 11.9. The summed E-state index contributed by atoms with van der Waals surface area (Å²) in [5.74, 6) is 0.462. The lowest BCUT2D eigenvalue weighted by Gasteiger charge is -2.62. The molecule has 0 N–H and O–H groups in total. The molecule has 2 heterocycles. The molecule has 2 saturated carbocycles. The summed E-state index contributed by atoms with van der Waals surface area (Å²) in [6.45, 7) is 10.3. The van der Waals surface area contributed by atoms with E-state index in [2.05, 4.69) is 55.7 Å². The monoisotopic (exact) mass is 463 g/mol. The molecule has 2 aliphatic carbocycles. The van der Waals surface area contributed by atoms with Gasteiger partial charge in [-0.2, -0.15) is 0 Å². The number of fused-ring (bicyclic) bond motifs is 3. The Morgan fingerprint density at radius 2 is 1.88 bits per heavy atom. The summed E-state index contributed by atoms with van der Waals surface area (Å²) in [6.07, 6.45) is 10.0. The van der Waals surface area contributed by atoms with Crippen LogP contribution in [0.3, 0.4) is 0 Å². The van der Waals surface area contributed by atoms with Gasteiger partial charge in [0, 0.05) is 36.7 Å². The number of nitrogens with zero attached hydrogens (tertiary/aromatic N) is 1. The van der Waals surface area contributed by atoms with E-state index in [4.69, 9.17) is 14.2 Å². The Balaban J connectivity index is 1.36. The van der Waals surface area contributed by atoms with Crippen molar-refractivity contribution in [1.29, 1.82) is 0 Å². The van der Waals surface area contributed by atoms with Gasteiger partial charge < -0.3 is 19.1 Å². The van der Waals surface area contributed by atoms with Gasteiger partial charge in [-0.25, -0.2) is 4.79 Å². The SMILES string of the molecule is C=C1CC[C@@H]2[C@]3(C)CO[C@@H](c4ccc(N(C)C)cc4)O[C@@H]3CC[C@@]2(C)[C@@H]1/C=C/C1=CCOC1=O. The van der Waals surface area contributed by atoms with Crippen LogP contribution in [0.25, 0.3) is 0 Å². The highest BCUT2D eigenvalue weighted by Gasteiger charge is 2.60. The molecule has 2 aliphatic heterocycles. The summed E-state index contributed by atoms with van der Waals surface area (Å²) in [7, 11) is 4.09. The molecular weight excluding hydrogens is 426 g/mol. The lowest BCUT2D eigenvalue weighted by molar-refractivity contribution is -0.306. The fourth-order valence-corrected chi connectivity index (χ4v) is 6.94. The van der Waals surface area contributed by atoms with Gasteiger partial charge >= 0.3 is 5.97 Å². The molecule has 5 heteroatoms. The van der Waals surface area contributed by atoms with Crippen molar-refractivity contribution < 1.29 is 19.0 Å². The first-order valence-corrected chi connectivity index (χ1v) is 12.5. The predicted molar refractivity (Wildman–Crippen MR) is 133 cm³/mol. The molecule has 5 nitrogen and oxygen atoms in total. The molecule has 0 bridgehead atoms. The van der Waals surface area contributed by atoms with Crippen molar-refractivity contribution in [1.82, 2.24) is 0 Å². The van der Waals surface area contributed by atoms with Gasteiger partial charge in [0.1, 0.15) is 6.61 Å². The van der Waals surface area contributed by atoms with Crippen LogP contribution in [0.5, 0.6) is 0 Å². The molecule has 34 heavy (non-hydrogen) atoms. The summed E-state index contributed by atoms with van der Waals surface area (Å²) in [5.41, 5.74) is 4.18. The highest BCUT2D eigenvalue weighted by atomic mass is 16.7. The van der Waals surface area contributed by atoms with Crippen LogP contribution in [0.4, 0.5) is 5.69 Å². The Morgan fingerprint density at radius 3 is 2.56 bits per heavy atom. The molecule has 0 unspecified atom stereocenters. The van der Waals surface area contributed by atoms with Crippen LogP contribution < -0.4 is 4.90 Å². The lowest BCUT2D eigenvalue weighted by atomic mass is 9.46. The van der Waals surface area contributed by atoms with Crippen molar-refractivity contribution in [2.75, 3.05) is 32.2 Å². The highest BCUT2D eigenvalue weighted by molar-refractivity contribution is 5.93. The molecule has 182 valence electrons. The van der Waals surface area contributed by atoms with E-state index in [1.165, 1.54) is 11.3 Å². The van der Waals surface area contributed by atoms with Gasteiger partial charge in [-0.05, 0) is 55.2 Å². The standard InChI is InChI=1S/C29H37NO4/c1-19-6-13-24-28(2,23(19)12-9-20-15-17-32-26(20)31)16-14-25-29(24,3)18-33-27(34-25)21-7-10-22(11-8-21)30(4)5/h7-12,15,23-25,27H,1,6,13-14,16-18H2,2-5H3/b12-9+/t23-,24+,25-,27-,28+,29+/m1/s1. The van der Waals surface area contributed by atoms with Gasteiger partial charge in [-0.15, -0.1) is 0 Å². The molecule has 0 spiro atoms. The van der Waals surface area contributed by atoms with Crippen molar-refractivity contribution >= 4 is 11.7 Å². The van der Waals surface area contributed by atoms with Crippen LogP contribution >= 0.6 is 0 Å². The normalized spacial score (nSPS) is 37.7. The molecule has 4 aliphatic rings. The van der Waals surface area contributed by atoms with E-state index in [0.29, 0.717) is 24.7 Å². The van der Waals surface area contributed by atoms with Gasteiger partial charge in [0.05, 0.1) is 18.3 Å². The number of carbonyl (C=O) groups excluding carboxylic acids is 1. The number of cyclic esters (lactones) is 1. The van der Waals surface area contributed by atoms with Crippen molar-refractivity contribution in [3.63, 3.8) is 0 Å². The van der Waals surface area contributed by atoms with Crippen LogP contribution in [-0.2, 0) is 19.0 Å². The zero-order valence-corrected chi connectivity index (χ0v) is 20.9. The fourth-order valence-electron chi connectivity index (χ4n) is 6.94. The van der Waals surface area contributed by atoms with Crippen molar-refractivity contribution in [2.24, 2.45) is 22.7 Å². The van der Waals surface area contributed by atoms with Gasteiger partial charge in [-0.3, -0.25) is 0 Å². The summed E-state index contributed by atoms with van der Waals surface area (Å²) in [5, 5.41) is 0. The summed E-state index contributed by atoms with van der Waals surface area (Å²) < 4.78 is 18.1. The second kappa shape index (κ2) is 8.69. The third kappa shape index (κ3) is 3.83. The van der Waals surface area contributed by atoms with Gasteiger partial charge in [-0.1, -0.05) is 50.3 Å². The zero-order chi connectivity index (χ0) is 24.1. The summed E-state index contributed by atoms with van der Waals surface area (Å²) in [6, 6.07) is 8.47. The third-order valence-corrected chi connectivity index (χ3v) is 8.91. The Hall–Kier alpha value is -2.37. The van der Waals surface area contributed by atoms with E-state index in [1.54, 1.807) is 0 Å². The van der Waals surface area contributed by atoms with Crippen molar-refractivity contribution in [3.8, 4) is 0 Å². The van der Waals surface area contributed by atoms with Gasteiger partial charge in [0.2, 0.25) is 0 Å². The Labute approximate surface area is 203 Å². The molecular formula is C29H37NO4. The van der Waals surface area contributed by atoms with E-state index in [-0.39, 0.29) is 35.1 Å². The molecule has 0 aromatic heterocycles. The van der Waals surface area contributed by atoms with Crippen LogP contribution in [0.15, 0.2) is 60.2 Å². The molecule has 5 rings (SSSR count). The first-order chi connectivity index (χ1) is 16.2. The van der Waals surface area contributed by atoms with E-state index in [9.17, 15) is 4.79 Å². The minimum Gasteiger partial charge on any atom is -0.458 e. The number of hydrogen-bond acceptors (Lipinski definition) is 5. The van der Waals surface area contributed by atoms with Gasteiger partial charge in [0.25, 0.3) is 0 Å². The van der Waals surface area contributed by atoms with Crippen LogP contribution in [-0.4, -0.2) is 39.4 Å². The molecule has 1 saturated heterocycles. The minimum atomic E-state index is -0.312. The van der Waals surface area contributed by atoms with E-state index >= 15 is 0 Å². The average Bonchev–Trinajstić information content (AvgIpc) is 3.22.